The number of halogens is 1. The van der Waals surface area contributed by atoms with Crippen LogP contribution < -0.4 is 15.5 Å². The summed E-state index contributed by atoms with van der Waals surface area (Å²) in [5.41, 5.74) is 1.27. The molecule has 0 radical (unpaired) electrons. The molecule has 24 heavy (non-hydrogen) atoms. The van der Waals surface area contributed by atoms with Crippen molar-refractivity contribution in [2.75, 3.05) is 22.1 Å². The molecule has 1 heterocycles. The molecule has 6 heteroatoms. The Kier molecular flexibility index (Phi) is 4.20. The van der Waals surface area contributed by atoms with Crippen LogP contribution in [0.3, 0.4) is 0 Å². The summed E-state index contributed by atoms with van der Waals surface area (Å²) >= 11 is 6.06. The van der Waals surface area contributed by atoms with Crippen LogP contribution in [0.4, 0.5) is 17.1 Å². The summed E-state index contributed by atoms with van der Waals surface area (Å²) in [7, 11) is 0. The van der Waals surface area contributed by atoms with Gasteiger partial charge in [0, 0.05) is 0 Å². The van der Waals surface area contributed by atoms with Crippen molar-refractivity contribution in [3.8, 4) is 0 Å². The Bertz CT molecular complexity index is 804. The normalized spacial score (nSPS) is 15.5. The second kappa shape index (κ2) is 6.17. The van der Waals surface area contributed by atoms with Gasteiger partial charge in [0.05, 0.1) is 22.1 Å². The maximum Gasteiger partial charge on any atom is 0.252 e. The van der Waals surface area contributed by atoms with E-state index in [4.69, 9.17) is 11.6 Å². The number of fused-ring (bicyclic) bond motifs is 1. The molecule has 124 valence electrons. The fraction of sp³-hybridized carbons (Fsp3) is 0.222. The minimum Gasteiger partial charge on any atom is -0.370 e. The zero-order chi connectivity index (χ0) is 17.3. The number of amides is 2. The van der Waals surface area contributed by atoms with Crippen LogP contribution in [-0.4, -0.2) is 23.9 Å². The largest absolute Gasteiger partial charge is 0.370 e. The Morgan fingerprint density at radius 2 is 1.83 bits per heavy atom. The molecule has 0 saturated carbocycles. The minimum atomic E-state index is -0.779. The van der Waals surface area contributed by atoms with Crippen molar-refractivity contribution >= 4 is 40.5 Å². The van der Waals surface area contributed by atoms with E-state index in [1.54, 1.807) is 38.1 Å². The number of rotatable bonds is 3. The average Bonchev–Trinajstić information content (AvgIpc) is 2.54. The number of anilines is 3. The smallest absolute Gasteiger partial charge is 0.252 e. The topological polar surface area (TPSA) is 61.4 Å². The molecule has 0 saturated heterocycles. The third kappa shape index (κ3) is 3.08. The van der Waals surface area contributed by atoms with Crippen LogP contribution in [0.25, 0.3) is 0 Å². The summed E-state index contributed by atoms with van der Waals surface area (Å²) in [6.45, 7) is 3.51. The molecular weight excluding hydrogens is 326 g/mol. The number of hydrogen-bond donors (Lipinski definition) is 2. The van der Waals surface area contributed by atoms with Crippen LogP contribution >= 0.6 is 11.6 Å². The van der Waals surface area contributed by atoms with Crippen LogP contribution in [0.2, 0.25) is 5.02 Å². The second-order valence-corrected chi connectivity index (χ2v) is 6.59. The molecule has 2 aromatic rings. The van der Waals surface area contributed by atoms with Crippen molar-refractivity contribution in [1.29, 1.82) is 0 Å². The first-order valence-electron chi connectivity index (χ1n) is 7.62. The first-order chi connectivity index (χ1) is 11.4. The lowest BCUT2D eigenvalue weighted by atomic mass is 9.98. The summed E-state index contributed by atoms with van der Waals surface area (Å²) < 4.78 is 0. The lowest BCUT2D eigenvalue weighted by Crippen LogP contribution is -2.55. The number of carbonyl (C=O) groups is 2. The van der Waals surface area contributed by atoms with Crippen molar-refractivity contribution in [3.05, 3.63) is 53.6 Å². The lowest BCUT2D eigenvalue weighted by molar-refractivity contribution is -0.124. The molecule has 5 nitrogen and oxygen atoms in total. The number of benzene rings is 2. The predicted molar refractivity (Wildman–Crippen MR) is 96.6 cm³/mol. The van der Waals surface area contributed by atoms with Gasteiger partial charge in [-0.15, -0.1) is 0 Å². The van der Waals surface area contributed by atoms with Gasteiger partial charge in [0.2, 0.25) is 5.91 Å². The number of carbonyl (C=O) groups excluding carboxylic acids is 2. The lowest BCUT2D eigenvalue weighted by Gasteiger charge is -2.39. The Morgan fingerprint density at radius 3 is 2.58 bits per heavy atom. The SMILES string of the molecule is CC1(C)Nc2ccccc2N(CC(=O)Nc2ccccc2Cl)C1=O. The predicted octanol–water partition coefficient (Wildman–Crippen LogP) is 3.52. The summed E-state index contributed by atoms with van der Waals surface area (Å²) in [5, 5.41) is 6.41. The van der Waals surface area contributed by atoms with Crippen molar-refractivity contribution in [1.82, 2.24) is 0 Å². The van der Waals surface area contributed by atoms with Gasteiger partial charge in [-0.05, 0) is 38.1 Å². The van der Waals surface area contributed by atoms with E-state index in [1.807, 2.05) is 24.3 Å². The molecule has 0 aromatic heterocycles. The van der Waals surface area contributed by atoms with E-state index in [9.17, 15) is 9.59 Å². The highest BCUT2D eigenvalue weighted by Crippen LogP contribution is 2.34. The summed E-state index contributed by atoms with van der Waals surface area (Å²) in [6, 6.07) is 14.4. The third-order valence-electron chi connectivity index (χ3n) is 3.87. The summed E-state index contributed by atoms with van der Waals surface area (Å²) in [4.78, 5) is 26.6. The van der Waals surface area contributed by atoms with Crippen LogP contribution in [-0.2, 0) is 9.59 Å². The van der Waals surface area contributed by atoms with Gasteiger partial charge in [-0.3, -0.25) is 14.5 Å². The van der Waals surface area contributed by atoms with E-state index in [2.05, 4.69) is 10.6 Å². The van der Waals surface area contributed by atoms with Crippen molar-refractivity contribution in [3.63, 3.8) is 0 Å². The Labute approximate surface area is 145 Å². The Hall–Kier alpha value is -2.53. The first-order valence-corrected chi connectivity index (χ1v) is 8.00. The molecule has 0 unspecified atom stereocenters. The van der Waals surface area contributed by atoms with E-state index in [-0.39, 0.29) is 18.4 Å². The minimum absolute atomic E-state index is 0.0772. The number of nitrogens with one attached hydrogen (secondary N) is 2. The van der Waals surface area contributed by atoms with E-state index in [1.165, 1.54) is 4.90 Å². The number of nitrogens with zero attached hydrogens (tertiary/aromatic N) is 1. The van der Waals surface area contributed by atoms with E-state index >= 15 is 0 Å². The van der Waals surface area contributed by atoms with Crippen molar-refractivity contribution in [2.45, 2.75) is 19.4 Å². The maximum absolute atomic E-state index is 12.7. The molecule has 0 atom stereocenters. The fourth-order valence-electron chi connectivity index (χ4n) is 2.70. The van der Waals surface area contributed by atoms with Crippen molar-refractivity contribution in [2.24, 2.45) is 0 Å². The zero-order valence-corrected chi connectivity index (χ0v) is 14.2. The monoisotopic (exact) mass is 343 g/mol. The maximum atomic E-state index is 12.7. The van der Waals surface area contributed by atoms with Gasteiger partial charge in [-0.2, -0.15) is 0 Å². The molecule has 3 rings (SSSR count). The summed E-state index contributed by atoms with van der Waals surface area (Å²) in [6.07, 6.45) is 0. The molecular formula is C18H18ClN3O2. The van der Waals surface area contributed by atoms with Crippen LogP contribution in [0.5, 0.6) is 0 Å². The molecule has 2 N–H and O–H groups in total. The van der Waals surface area contributed by atoms with Crippen LogP contribution in [0.15, 0.2) is 48.5 Å². The molecule has 2 aromatic carbocycles. The fourth-order valence-corrected chi connectivity index (χ4v) is 2.89. The summed E-state index contributed by atoms with van der Waals surface area (Å²) in [5.74, 6) is -0.459. The zero-order valence-electron chi connectivity index (χ0n) is 13.5. The molecule has 1 aliphatic rings. The molecule has 2 amide bonds. The van der Waals surface area contributed by atoms with Gasteiger partial charge in [0.1, 0.15) is 12.1 Å². The van der Waals surface area contributed by atoms with Gasteiger partial charge >= 0.3 is 0 Å². The number of hydrogen-bond acceptors (Lipinski definition) is 3. The average molecular weight is 344 g/mol. The second-order valence-electron chi connectivity index (χ2n) is 6.19. The van der Waals surface area contributed by atoms with E-state index in [0.717, 1.165) is 5.69 Å². The molecule has 0 bridgehead atoms. The highest BCUT2D eigenvalue weighted by atomic mass is 35.5. The van der Waals surface area contributed by atoms with Gasteiger partial charge in [0.25, 0.3) is 5.91 Å². The highest BCUT2D eigenvalue weighted by molar-refractivity contribution is 6.33. The Morgan fingerprint density at radius 1 is 1.17 bits per heavy atom. The number of para-hydroxylation sites is 3. The van der Waals surface area contributed by atoms with Gasteiger partial charge in [0.15, 0.2) is 0 Å². The molecule has 1 aliphatic heterocycles. The van der Waals surface area contributed by atoms with Crippen LogP contribution in [0, 0.1) is 0 Å². The Balaban J connectivity index is 1.84. The quantitative estimate of drug-likeness (QED) is 0.896. The van der Waals surface area contributed by atoms with Crippen molar-refractivity contribution < 1.29 is 9.59 Å². The van der Waals surface area contributed by atoms with E-state index < -0.39 is 5.54 Å². The standard InChI is InChI=1S/C18H18ClN3O2/c1-18(2)17(24)22(15-10-6-5-9-14(15)21-18)11-16(23)20-13-8-4-3-7-12(13)19/h3-10,21H,11H2,1-2H3,(H,20,23). The third-order valence-corrected chi connectivity index (χ3v) is 4.20. The molecule has 0 spiro atoms. The van der Waals surface area contributed by atoms with Gasteiger partial charge in [-0.25, -0.2) is 0 Å². The molecule has 0 fully saturated rings. The van der Waals surface area contributed by atoms with Gasteiger partial charge in [-0.1, -0.05) is 35.9 Å². The highest BCUT2D eigenvalue weighted by Gasteiger charge is 2.39. The van der Waals surface area contributed by atoms with E-state index in [0.29, 0.717) is 16.4 Å². The van der Waals surface area contributed by atoms with Gasteiger partial charge < -0.3 is 10.6 Å². The van der Waals surface area contributed by atoms with Crippen LogP contribution in [0.1, 0.15) is 13.8 Å². The molecule has 0 aliphatic carbocycles. The first kappa shape index (κ1) is 16.3.